The molecule has 0 heterocycles. The van der Waals surface area contributed by atoms with E-state index in [2.05, 4.69) is 10.6 Å². The molecule has 4 nitrogen and oxygen atoms in total. The summed E-state index contributed by atoms with van der Waals surface area (Å²) >= 11 is 0. The van der Waals surface area contributed by atoms with Crippen LogP contribution in [0, 0.1) is 5.82 Å². The fourth-order valence-electron chi connectivity index (χ4n) is 3.78. The quantitative estimate of drug-likeness (QED) is 0.797. The molecule has 2 aromatic rings. The summed E-state index contributed by atoms with van der Waals surface area (Å²) in [6.07, 6.45) is 3.46. The van der Waals surface area contributed by atoms with Crippen LogP contribution in [-0.4, -0.2) is 17.7 Å². The van der Waals surface area contributed by atoms with Crippen molar-refractivity contribution in [2.45, 2.75) is 37.1 Å². The Balaban J connectivity index is 1.37. The van der Waals surface area contributed by atoms with Crippen molar-refractivity contribution in [3.05, 3.63) is 65.0 Å². The second-order valence-electron chi connectivity index (χ2n) is 7.05. The van der Waals surface area contributed by atoms with Crippen molar-refractivity contribution < 1.29 is 14.3 Å². The minimum Gasteiger partial charge on any atom is -0.508 e. The minimum absolute atomic E-state index is 0.0774. The second-order valence-corrected chi connectivity index (χ2v) is 7.05. The van der Waals surface area contributed by atoms with Gasteiger partial charge in [-0.05, 0) is 60.6 Å². The molecule has 5 heteroatoms. The topological polar surface area (TPSA) is 61.4 Å². The van der Waals surface area contributed by atoms with Crippen molar-refractivity contribution in [2.24, 2.45) is 0 Å². The van der Waals surface area contributed by atoms with Crippen LogP contribution in [-0.2, 0) is 11.8 Å². The van der Waals surface area contributed by atoms with Crippen molar-refractivity contribution in [1.82, 2.24) is 10.6 Å². The molecule has 2 aliphatic carbocycles. The zero-order chi connectivity index (χ0) is 17.4. The molecule has 0 bridgehead atoms. The van der Waals surface area contributed by atoms with Crippen molar-refractivity contribution >= 4 is 6.03 Å². The molecule has 2 aliphatic rings. The summed E-state index contributed by atoms with van der Waals surface area (Å²) in [5.74, 6) is 0.0563. The number of amides is 2. The molecule has 25 heavy (non-hydrogen) atoms. The molecule has 1 saturated carbocycles. The third-order valence-corrected chi connectivity index (χ3v) is 5.43. The third-order valence-electron chi connectivity index (χ3n) is 5.43. The molecular formula is C20H21FN2O2. The molecule has 0 aromatic heterocycles. The second kappa shape index (κ2) is 6.06. The monoisotopic (exact) mass is 340 g/mol. The molecule has 0 radical (unpaired) electrons. The number of aromatic hydroxyl groups is 1. The Hall–Kier alpha value is -2.56. The molecule has 2 amide bonds. The summed E-state index contributed by atoms with van der Waals surface area (Å²) in [6.45, 7) is 0.502. The lowest BCUT2D eigenvalue weighted by molar-refractivity contribution is 0.236. The molecule has 2 aromatic carbocycles. The van der Waals surface area contributed by atoms with Crippen LogP contribution in [0.25, 0.3) is 0 Å². The fraction of sp³-hybridized carbons (Fsp3) is 0.350. The number of carbonyl (C=O) groups is 1. The predicted octanol–water partition coefficient (Wildman–Crippen LogP) is 3.55. The van der Waals surface area contributed by atoms with Gasteiger partial charge in [-0.2, -0.15) is 0 Å². The number of phenolic OH excluding ortho intramolecular Hbond substituents is 1. The van der Waals surface area contributed by atoms with Gasteiger partial charge in [-0.25, -0.2) is 9.18 Å². The summed E-state index contributed by atoms with van der Waals surface area (Å²) in [4.78, 5) is 12.3. The largest absolute Gasteiger partial charge is 0.508 e. The normalized spacial score (nSPS) is 20.0. The van der Waals surface area contributed by atoms with Crippen LogP contribution in [0.4, 0.5) is 9.18 Å². The summed E-state index contributed by atoms with van der Waals surface area (Å²) in [6, 6.07) is 11.8. The van der Waals surface area contributed by atoms with Crippen LogP contribution in [0.15, 0.2) is 42.5 Å². The van der Waals surface area contributed by atoms with Crippen LogP contribution in [0.3, 0.4) is 0 Å². The Morgan fingerprint density at radius 2 is 2.04 bits per heavy atom. The molecule has 1 fully saturated rings. The first-order valence-corrected chi connectivity index (χ1v) is 8.69. The van der Waals surface area contributed by atoms with E-state index >= 15 is 0 Å². The van der Waals surface area contributed by atoms with E-state index in [0.717, 1.165) is 42.4 Å². The SMILES string of the molecule is O=C(NCC1(c2cccc(F)c2)CC1)NC1CCc2c(O)cccc21. The van der Waals surface area contributed by atoms with Gasteiger partial charge in [0.05, 0.1) is 6.04 Å². The summed E-state index contributed by atoms with van der Waals surface area (Å²) in [7, 11) is 0. The van der Waals surface area contributed by atoms with Crippen molar-refractivity contribution in [3.8, 4) is 5.75 Å². The average molecular weight is 340 g/mol. The molecule has 0 spiro atoms. The Kier molecular flexibility index (Phi) is 3.86. The summed E-state index contributed by atoms with van der Waals surface area (Å²) in [5, 5.41) is 15.8. The molecule has 1 atom stereocenters. The first kappa shape index (κ1) is 15.9. The molecule has 3 N–H and O–H groups in total. The number of nitrogens with one attached hydrogen (secondary N) is 2. The number of rotatable bonds is 4. The van der Waals surface area contributed by atoms with E-state index in [9.17, 15) is 14.3 Å². The number of hydrogen-bond donors (Lipinski definition) is 3. The highest BCUT2D eigenvalue weighted by molar-refractivity contribution is 5.75. The zero-order valence-corrected chi connectivity index (χ0v) is 13.9. The van der Waals surface area contributed by atoms with Gasteiger partial charge in [0.25, 0.3) is 0 Å². The molecule has 1 unspecified atom stereocenters. The lowest BCUT2D eigenvalue weighted by Gasteiger charge is -2.19. The maximum absolute atomic E-state index is 13.4. The first-order chi connectivity index (χ1) is 12.1. The van der Waals surface area contributed by atoms with Gasteiger partial charge in [0, 0.05) is 12.0 Å². The van der Waals surface area contributed by atoms with E-state index in [1.807, 2.05) is 12.1 Å². The standard InChI is InChI=1S/C20H21FN2O2/c21-14-4-1-3-13(11-14)20(9-10-20)12-22-19(25)23-17-8-7-16-15(17)5-2-6-18(16)24/h1-6,11,17,24H,7-10,12H2,(H2,22,23,25). The Morgan fingerprint density at radius 1 is 1.24 bits per heavy atom. The maximum atomic E-state index is 13.4. The minimum atomic E-state index is -0.240. The van der Waals surface area contributed by atoms with E-state index in [4.69, 9.17) is 0 Å². The third kappa shape index (κ3) is 3.06. The van der Waals surface area contributed by atoms with Gasteiger partial charge in [0.1, 0.15) is 11.6 Å². The Morgan fingerprint density at radius 3 is 2.80 bits per heavy atom. The van der Waals surface area contributed by atoms with Crippen molar-refractivity contribution in [3.63, 3.8) is 0 Å². The molecule has 0 aliphatic heterocycles. The molecule has 4 rings (SSSR count). The highest BCUT2D eigenvalue weighted by Crippen LogP contribution is 2.47. The maximum Gasteiger partial charge on any atom is 0.315 e. The number of urea groups is 1. The van der Waals surface area contributed by atoms with Crippen molar-refractivity contribution in [2.75, 3.05) is 6.54 Å². The van der Waals surface area contributed by atoms with Gasteiger partial charge >= 0.3 is 6.03 Å². The van der Waals surface area contributed by atoms with Gasteiger partial charge in [-0.3, -0.25) is 0 Å². The van der Waals surface area contributed by atoms with E-state index in [1.165, 1.54) is 6.07 Å². The number of phenols is 1. The first-order valence-electron chi connectivity index (χ1n) is 8.69. The van der Waals surface area contributed by atoms with E-state index in [0.29, 0.717) is 12.3 Å². The van der Waals surface area contributed by atoms with E-state index in [1.54, 1.807) is 24.3 Å². The number of fused-ring (bicyclic) bond motifs is 1. The Labute approximate surface area is 146 Å². The lowest BCUT2D eigenvalue weighted by Crippen LogP contribution is -2.41. The summed E-state index contributed by atoms with van der Waals surface area (Å²) in [5.41, 5.74) is 2.72. The van der Waals surface area contributed by atoms with E-state index < -0.39 is 0 Å². The Bertz CT molecular complexity index is 817. The van der Waals surface area contributed by atoms with Gasteiger partial charge in [-0.15, -0.1) is 0 Å². The zero-order valence-electron chi connectivity index (χ0n) is 13.9. The summed E-state index contributed by atoms with van der Waals surface area (Å²) < 4.78 is 13.4. The van der Waals surface area contributed by atoms with Crippen LogP contribution < -0.4 is 10.6 Å². The number of halogens is 1. The number of benzene rings is 2. The number of carbonyl (C=O) groups excluding carboxylic acids is 1. The van der Waals surface area contributed by atoms with Crippen LogP contribution >= 0.6 is 0 Å². The van der Waals surface area contributed by atoms with Gasteiger partial charge in [0.15, 0.2) is 0 Å². The van der Waals surface area contributed by atoms with Crippen LogP contribution in [0.2, 0.25) is 0 Å². The van der Waals surface area contributed by atoms with Gasteiger partial charge < -0.3 is 15.7 Å². The fourth-order valence-corrected chi connectivity index (χ4v) is 3.78. The number of hydrogen-bond acceptors (Lipinski definition) is 2. The lowest BCUT2D eigenvalue weighted by atomic mass is 9.96. The molecule has 0 saturated heterocycles. The van der Waals surface area contributed by atoms with E-state index in [-0.39, 0.29) is 23.3 Å². The van der Waals surface area contributed by atoms with Crippen LogP contribution in [0.5, 0.6) is 5.75 Å². The highest BCUT2D eigenvalue weighted by atomic mass is 19.1. The van der Waals surface area contributed by atoms with Crippen molar-refractivity contribution in [1.29, 1.82) is 0 Å². The van der Waals surface area contributed by atoms with Gasteiger partial charge in [-0.1, -0.05) is 24.3 Å². The highest BCUT2D eigenvalue weighted by Gasteiger charge is 2.44. The van der Waals surface area contributed by atoms with Crippen LogP contribution in [0.1, 0.15) is 42.0 Å². The average Bonchev–Trinajstić information content (AvgIpc) is 3.29. The predicted molar refractivity (Wildman–Crippen MR) is 93.0 cm³/mol. The molecule has 130 valence electrons. The van der Waals surface area contributed by atoms with Gasteiger partial charge in [0.2, 0.25) is 0 Å². The molecular weight excluding hydrogens is 319 g/mol. The smallest absolute Gasteiger partial charge is 0.315 e.